The summed E-state index contributed by atoms with van der Waals surface area (Å²) in [5, 5.41) is 4.31. The van der Waals surface area contributed by atoms with Crippen molar-refractivity contribution in [3.8, 4) is 0 Å². The van der Waals surface area contributed by atoms with Crippen LogP contribution in [0.3, 0.4) is 0 Å². The van der Waals surface area contributed by atoms with Crippen molar-refractivity contribution in [1.82, 2.24) is 14.7 Å². The van der Waals surface area contributed by atoms with E-state index in [9.17, 15) is 4.79 Å². The van der Waals surface area contributed by atoms with Gasteiger partial charge in [-0.1, -0.05) is 0 Å². The van der Waals surface area contributed by atoms with Gasteiger partial charge in [0.25, 0.3) is 5.91 Å². The van der Waals surface area contributed by atoms with Gasteiger partial charge < -0.3 is 10.6 Å². The van der Waals surface area contributed by atoms with Crippen LogP contribution in [0.15, 0.2) is 6.07 Å². The first-order valence-corrected chi connectivity index (χ1v) is 6.22. The lowest BCUT2D eigenvalue weighted by Gasteiger charge is -2.23. The topological polar surface area (TPSA) is 64.2 Å². The summed E-state index contributed by atoms with van der Waals surface area (Å²) in [5.74, 6) is 0.0698. The summed E-state index contributed by atoms with van der Waals surface area (Å²) in [5.41, 5.74) is 7.27. The molecule has 5 heteroatoms. The normalized spacial score (nSPS) is 19.9. The molecular formula is C12H20N4O. The van der Waals surface area contributed by atoms with E-state index in [1.165, 1.54) is 0 Å². The molecule has 0 bridgehead atoms. The van der Waals surface area contributed by atoms with Crippen LogP contribution in [0.4, 0.5) is 0 Å². The second kappa shape index (κ2) is 4.87. The number of nitrogens with zero attached hydrogens (tertiary/aromatic N) is 3. The number of amides is 1. The Bertz CT molecular complexity index is 413. The fourth-order valence-electron chi connectivity index (χ4n) is 2.45. The average Bonchev–Trinajstić information content (AvgIpc) is 2.93. The van der Waals surface area contributed by atoms with Crippen molar-refractivity contribution in [3.63, 3.8) is 0 Å². The number of rotatable bonds is 3. The van der Waals surface area contributed by atoms with Crippen molar-refractivity contribution in [2.75, 3.05) is 13.1 Å². The van der Waals surface area contributed by atoms with Crippen molar-refractivity contribution in [3.05, 3.63) is 17.5 Å². The molecular weight excluding hydrogens is 216 g/mol. The fourth-order valence-corrected chi connectivity index (χ4v) is 2.45. The minimum atomic E-state index is 0.0698. The van der Waals surface area contributed by atoms with Gasteiger partial charge in [-0.25, -0.2) is 0 Å². The van der Waals surface area contributed by atoms with Crippen molar-refractivity contribution in [1.29, 1.82) is 0 Å². The first-order valence-electron chi connectivity index (χ1n) is 6.22. The van der Waals surface area contributed by atoms with E-state index < -0.39 is 0 Å². The highest BCUT2D eigenvalue weighted by atomic mass is 16.2. The second-order valence-electron chi connectivity index (χ2n) is 4.52. The van der Waals surface area contributed by atoms with Crippen LogP contribution in [0.5, 0.6) is 0 Å². The molecule has 1 unspecified atom stereocenters. The average molecular weight is 236 g/mol. The van der Waals surface area contributed by atoms with Gasteiger partial charge in [-0.05, 0) is 32.8 Å². The van der Waals surface area contributed by atoms with Crippen LogP contribution in [0.2, 0.25) is 0 Å². The number of hydrogen-bond donors (Lipinski definition) is 1. The Kier molecular flexibility index (Phi) is 3.47. The third-order valence-corrected chi connectivity index (χ3v) is 3.33. The van der Waals surface area contributed by atoms with E-state index in [2.05, 4.69) is 5.10 Å². The number of aryl methyl sites for hydroxylation is 2. The van der Waals surface area contributed by atoms with E-state index in [1.54, 1.807) is 4.68 Å². The van der Waals surface area contributed by atoms with Crippen molar-refractivity contribution < 1.29 is 4.79 Å². The van der Waals surface area contributed by atoms with Crippen LogP contribution in [0, 0.1) is 6.92 Å². The number of nitrogens with two attached hydrogens (primary N) is 1. The molecule has 0 radical (unpaired) electrons. The summed E-state index contributed by atoms with van der Waals surface area (Å²) in [7, 11) is 0. The maximum Gasteiger partial charge on any atom is 0.272 e. The Hall–Kier alpha value is -1.36. The summed E-state index contributed by atoms with van der Waals surface area (Å²) in [4.78, 5) is 14.3. The van der Waals surface area contributed by atoms with Crippen LogP contribution in [-0.4, -0.2) is 39.7 Å². The number of carbonyl (C=O) groups excluding carboxylic acids is 1. The summed E-state index contributed by atoms with van der Waals surface area (Å²) in [6.45, 7) is 5.98. The van der Waals surface area contributed by atoms with Gasteiger partial charge in [-0.3, -0.25) is 9.48 Å². The van der Waals surface area contributed by atoms with Gasteiger partial charge in [0.05, 0.1) is 5.69 Å². The molecule has 0 saturated carbocycles. The monoisotopic (exact) mass is 236 g/mol. The van der Waals surface area contributed by atoms with Crippen LogP contribution in [-0.2, 0) is 6.54 Å². The zero-order valence-corrected chi connectivity index (χ0v) is 10.5. The minimum Gasteiger partial charge on any atom is -0.333 e. The van der Waals surface area contributed by atoms with Gasteiger partial charge in [0.15, 0.2) is 0 Å². The molecule has 2 N–H and O–H groups in total. The third kappa shape index (κ3) is 2.20. The molecule has 1 aliphatic rings. The maximum absolute atomic E-state index is 12.4. The van der Waals surface area contributed by atoms with Gasteiger partial charge in [0.2, 0.25) is 0 Å². The lowest BCUT2D eigenvalue weighted by molar-refractivity contribution is 0.0728. The third-order valence-electron chi connectivity index (χ3n) is 3.33. The van der Waals surface area contributed by atoms with Crippen LogP contribution in [0.25, 0.3) is 0 Å². The Morgan fingerprint density at radius 2 is 2.41 bits per heavy atom. The maximum atomic E-state index is 12.4. The molecule has 1 aliphatic heterocycles. The van der Waals surface area contributed by atoms with Crippen LogP contribution < -0.4 is 5.73 Å². The van der Waals surface area contributed by atoms with Crippen molar-refractivity contribution in [2.24, 2.45) is 5.73 Å². The zero-order valence-electron chi connectivity index (χ0n) is 10.5. The molecule has 1 saturated heterocycles. The van der Waals surface area contributed by atoms with Gasteiger partial charge in [-0.2, -0.15) is 5.10 Å². The summed E-state index contributed by atoms with van der Waals surface area (Å²) >= 11 is 0. The second-order valence-corrected chi connectivity index (χ2v) is 4.52. The van der Waals surface area contributed by atoms with E-state index in [0.717, 1.165) is 31.6 Å². The standard InChI is InChI=1S/C12H20N4O/c1-3-16-11(7-9(2)14-16)12(17)15-6-4-5-10(15)8-13/h7,10H,3-6,8,13H2,1-2H3. The Balaban J connectivity index is 2.24. The fraction of sp³-hybridized carbons (Fsp3) is 0.667. The minimum absolute atomic E-state index is 0.0698. The highest BCUT2D eigenvalue weighted by Gasteiger charge is 2.30. The number of hydrogen-bond acceptors (Lipinski definition) is 3. The summed E-state index contributed by atoms with van der Waals surface area (Å²) in [6, 6.07) is 2.06. The number of likely N-dealkylation sites (tertiary alicyclic amines) is 1. The summed E-state index contributed by atoms with van der Waals surface area (Å²) < 4.78 is 1.77. The molecule has 0 aromatic carbocycles. The van der Waals surface area contributed by atoms with Crippen LogP contribution in [0.1, 0.15) is 35.9 Å². The smallest absolute Gasteiger partial charge is 0.272 e. The van der Waals surface area contributed by atoms with E-state index >= 15 is 0 Å². The predicted molar refractivity (Wildman–Crippen MR) is 65.8 cm³/mol. The molecule has 1 fully saturated rings. The van der Waals surface area contributed by atoms with E-state index in [1.807, 2.05) is 24.8 Å². The predicted octanol–water partition coefficient (Wildman–Crippen LogP) is 0.775. The van der Waals surface area contributed by atoms with Crippen molar-refractivity contribution >= 4 is 5.91 Å². The molecule has 17 heavy (non-hydrogen) atoms. The SMILES string of the molecule is CCn1nc(C)cc1C(=O)N1CCCC1CN. The molecule has 1 aromatic rings. The molecule has 0 spiro atoms. The molecule has 0 aliphatic carbocycles. The van der Waals surface area contributed by atoms with E-state index in [4.69, 9.17) is 5.73 Å². The van der Waals surface area contributed by atoms with Gasteiger partial charge in [0.1, 0.15) is 5.69 Å². The summed E-state index contributed by atoms with van der Waals surface area (Å²) in [6.07, 6.45) is 2.06. The first kappa shape index (κ1) is 12.1. The van der Waals surface area contributed by atoms with Crippen molar-refractivity contribution in [2.45, 2.75) is 39.3 Å². The largest absolute Gasteiger partial charge is 0.333 e. The lowest BCUT2D eigenvalue weighted by Crippen LogP contribution is -2.40. The van der Waals surface area contributed by atoms with Gasteiger partial charge >= 0.3 is 0 Å². The molecule has 1 amide bonds. The zero-order chi connectivity index (χ0) is 12.4. The quantitative estimate of drug-likeness (QED) is 0.843. The van der Waals surface area contributed by atoms with Gasteiger partial charge in [0, 0.05) is 25.7 Å². The van der Waals surface area contributed by atoms with E-state index in [0.29, 0.717) is 12.2 Å². The number of carbonyl (C=O) groups is 1. The Morgan fingerprint density at radius 3 is 3.06 bits per heavy atom. The highest BCUT2D eigenvalue weighted by molar-refractivity contribution is 5.93. The molecule has 2 heterocycles. The Labute approximate surface area is 102 Å². The molecule has 1 aromatic heterocycles. The molecule has 2 rings (SSSR count). The number of aromatic nitrogens is 2. The van der Waals surface area contributed by atoms with E-state index in [-0.39, 0.29) is 11.9 Å². The highest BCUT2D eigenvalue weighted by Crippen LogP contribution is 2.19. The molecule has 94 valence electrons. The van der Waals surface area contributed by atoms with Gasteiger partial charge in [-0.15, -0.1) is 0 Å². The first-order chi connectivity index (χ1) is 8.17. The van der Waals surface area contributed by atoms with Crippen LogP contribution >= 0.6 is 0 Å². The molecule has 1 atom stereocenters. The Morgan fingerprint density at radius 1 is 1.65 bits per heavy atom. The molecule has 5 nitrogen and oxygen atoms in total. The lowest BCUT2D eigenvalue weighted by atomic mass is 10.2.